The van der Waals surface area contributed by atoms with Gasteiger partial charge in [-0.15, -0.1) is 11.8 Å². The van der Waals surface area contributed by atoms with Crippen LogP contribution < -0.4 is 10.6 Å². The second-order valence-corrected chi connectivity index (χ2v) is 9.89. The minimum absolute atomic E-state index is 0.0472. The maximum Gasteiger partial charge on any atom is 0.244 e. The van der Waals surface area contributed by atoms with Crippen LogP contribution in [-0.2, 0) is 20.8 Å². The molecule has 5 rings (SSSR count). The lowest BCUT2D eigenvalue weighted by Gasteiger charge is -2.49. The van der Waals surface area contributed by atoms with Gasteiger partial charge in [0.15, 0.2) is 0 Å². The van der Waals surface area contributed by atoms with E-state index in [-0.39, 0.29) is 40.0 Å². The molecule has 4 atom stereocenters. The second kappa shape index (κ2) is 6.73. The van der Waals surface area contributed by atoms with E-state index in [0.717, 1.165) is 24.8 Å². The summed E-state index contributed by atoms with van der Waals surface area (Å²) >= 11 is 1.80. The number of nitrogens with zero attached hydrogens (tertiary/aromatic N) is 1. The predicted octanol–water partition coefficient (Wildman–Crippen LogP) is 2.49. The van der Waals surface area contributed by atoms with E-state index in [0.29, 0.717) is 12.5 Å². The van der Waals surface area contributed by atoms with Crippen molar-refractivity contribution in [1.82, 2.24) is 15.5 Å². The number of aryl methyl sites for hydroxylation is 1. The maximum absolute atomic E-state index is 13.8. The molecule has 2 heterocycles. The Bertz CT molecular complexity index is 830. The number of hydrogen-bond donors (Lipinski definition) is 2. The van der Waals surface area contributed by atoms with Crippen LogP contribution in [0.3, 0.4) is 0 Å². The van der Waals surface area contributed by atoms with Gasteiger partial charge in [-0.1, -0.05) is 12.5 Å². The predicted molar refractivity (Wildman–Crippen MR) is 106 cm³/mol. The van der Waals surface area contributed by atoms with Crippen molar-refractivity contribution in [3.8, 4) is 0 Å². The molecule has 150 valence electrons. The van der Waals surface area contributed by atoms with Crippen LogP contribution >= 0.6 is 11.8 Å². The number of rotatable bonds is 3. The molecular weight excluding hydrogens is 377 g/mol. The van der Waals surface area contributed by atoms with E-state index in [1.54, 1.807) is 28.8 Å². The first-order valence-electron chi connectivity index (χ1n) is 10.3. The van der Waals surface area contributed by atoms with Crippen LogP contribution in [0.1, 0.15) is 50.2 Å². The van der Waals surface area contributed by atoms with E-state index >= 15 is 0 Å². The van der Waals surface area contributed by atoms with E-state index in [4.69, 9.17) is 0 Å². The zero-order valence-corrected chi connectivity index (χ0v) is 16.9. The van der Waals surface area contributed by atoms with E-state index in [2.05, 4.69) is 10.6 Å². The van der Waals surface area contributed by atoms with Crippen molar-refractivity contribution in [3.63, 3.8) is 0 Å². The van der Waals surface area contributed by atoms with Gasteiger partial charge in [0, 0.05) is 19.5 Å². The van der Waals surface area contributed by atoms with E-state index in [1.165, 1.54) is 31.7 Å². The third-order valence-electron chi connectivity index (χ3n) is 7.09. The molecule has 2 saturated heterocycles. The molecule has 2 aliphatic carbocycles. The number of fused-ring (bicyclic) bond motifs is 3. The summed E-state index contributed by atoms with van der Waals surface area (Å²) in [7, 11) is 0. The van der Waals surface area contributed by atoms with Crippen molar-refractivity contribution >= 4 is 23.6 Å². The van der Waals surface area contributed by atoms with Crippen LogP contribution in [0.2, 0.25) is 0 Å². The van der Waals surface area contributed by atoms with Gasteiger partial charge >= 0.3 is 0 Å². The number of benzene rings is 1. The summed E-state index contributed by atoms with van der Waals surface area (Å²) in [5, 5.41) is 6.79. The first-order valence-corrected chi connectivity index (χ1v) is 11.2. The van der Waals surface area contributed by atoms with Crippen molar-refractivity contribution in [2.24, 2.45) is 5.92 Å². The highest BCUT2D eigenvalue weighted by molar-refractivity contribution is 8.01. The molecule has 4 aliphatic rings. The summed E-state index contributed by atoms with van der Waals surface area (Å²) in [4.78, 5) is 26.0. The molecule has 2 N–H and O–H groups in total. The SMILES string of the molecule is CC(=O)N1CC[C@@H]1C(=O)NC1NC2CCc3cc(F)ccc3C2(C2CCC2)S1. The molecule has 2 amide bonds. The van der Waals surface area contributed by atoms with E-state index in [9.17, 15) is 14.0 Å². The summed E-state index contributed by atoms with van der Waals surface area (Å²) < 4.78 is 13.7. The number of hydrogen-bond acceptors (Lipinski definition) is 4. The van der Waals surface area contributed by atoms with E-state index < -0.39 is 0 Å². The fourth-order valence-electron chi connectivity index (χ4n) is 5.39. The molecule has 5 nitrogen and oxygen atoms in total. The van der Waals surface area contributed by atoms with Gasteiger partial charge in [0.25, 0.3) is 0 Å². The van der Waals surface area contributed by atoms with E-state index in [1.807, 2.05) is 6.07 Å². The monoisotopic (exact) mass is 403 g/mol. The quantitative estimate of drug-likeness (QED) is 0.814. The highest BCUT2D eigenvalue weighted by Crippen LogP contribution is 2.60. The topological polar surface area (TPSA) is 61.4 Å². The van der Waals surface area contributed by atoms with Crippen molar-refractivity contribution in [2.75, 3.05) is 6.54 Å². The number of amides is 2. The van der Waals surface area contributed by atoms with Crippen molar-refractivity contribution in [2.45, 2.75) is 67.8 Å². The third-order valence-corrected chi connectivity index (χ3v) is 8.80. The van der Waals surface area contributed by atoms with Gasteiger partial charge in [-0.25, -0.2) is 4.39 Å². The second-order valence-electron chi connectivity index (χ2n) is 8.50. The Balaban J connectivity index is 1.39. The Labute approximate surface area is 168 Å². The molecule has 0 spiro atoms. The molecule has 0 radical (unpaired) electrons. The highest BCUT2D eigenvalue weighted by Gasteiger charge is 2.57. The number of thioether (sulfide) groups is 1. The Kier molecular flexibility index (Phi) is 4.43. The van der Waals surface area contributed by atoms with Crippen LogP contribution in [0.5, 0.6) is 0 Å². The summed E-state index contributed by atoms with van der Waals surface area (Å²) in [5.41, 5.74) is 2.19. The standard InChI is InChI=1S/C21H26FN3O2S/c1-12(26)25-10-9-17(25)19(27)24-20-23-18-8-5-13-11-15(22)6-7-16(13)21(18,28-20)14-3-2-4-14/h6-7,11,14,17-18,20,23H,2-5,8-10H2,1H3,(H,24,27)/t17-,18?,20?,21?/m1/s1. The Morgan fingerprint density at radius 2 is 2.11 bits per heavy atom. The molecule has 1 saturated carbocycles. The van der Waals surface area contributed by atoms with Gasteiger partial charge in [-0.2, -0.15) is 0 Å². The maximum atomic E-state index is 13.8. The smallest absolute Gasteiger partial charge is 0.244 e. The number of carbonyl (C=O) groups is 2. The van der Waals surface area contributed by atoms with Gasteiger partial charge in [-0.05, 0) is 61.3 Å². The third kappa shape index (κ3) is 2.70. The summed E-state index contributed by atoms with van der Waals surface area (Å²) in [6.07, 6.45) is 6.15. The molecule has 7 heteroatoms. The first kappa shape index (κ1) is 18.4. The van der Waals surface area contributed by atoms with Crippen molar-refractivity contribution in [1.29, 1.82) is 0 Å². The summed E-state index contributed by atoms with van der Waals surface area (Å²) in [6, 6.07) is 5.17. The average molecular weight is 404 g/mol. The first-order chi connectivity index (χ1) is 13.5. The number of likely N-dealkylation sites (tertiary alicyclic amines) is 1. The van der Waals surface area contributed by atoms with Crippen molar-refractivity contribution < 1.29 is 14.0 Å². The van der Waals surface area contributed by atoms with Crippen LogP contribution in [0.15, 0.2) is 18.2 Å². The van der Waals surface area contributed by atoms with Gasteiger partial charge < -0.3 is 10.2 Å². The summed E-state index contributed by atoms with van der Waals surface area (Å²) in [5.74, 6) is 0.261. The fourth-order valence-corrected chi connectivity index (χ4v) is 7.29. The number of nitrogens with one attached hydrogen (secondary N) is 2. The van der Waals surface area contributed by atoms with Crippen LogP contribution in [0.25, 0.3) is 0 Å². The van der Waals surface area contributed by atoms with Crippen molar-refractivity contribution in [3.05, 3.63) is 35.1 Å². The minimum Gasteiger partial charge on any atom is -0.331 e. The lowest BCUT2D eigenvalue weighted by atomic mass is 9.65. The van der Waals surface area contributed by atoms with Gasteiger partial charge in [-0.3, -0.25) is 14.9 Å². The Morgan fingerprint density at radius 3 is 2.75 bits per heavy atom. The average Bonchev–Trinajstić information content (AvgIpc) is 2.89. The van der Waals surface area contributed by atoms with Gasteiger partial charge in [0.1, 0.15) is 17.4 Å². The molecule has 3 fully saturated rings. The minimum atomic E-state index is -0.344. The lowest BCUT2D eigenvalue weighted by molar-refractivity contribution is -0.145. The fraction of sp³-hybridized carbons (Fsp3) is 0.619. The highest BCUT2D eigenvalue weighted by atomic mass is 32.2. The molecule has 0 aromatic heterocycles. The number of halogens is 1. The molecule has 1 aromatic rings. The zero-order chi connectivity index (χ0) is 19.5. The van der Waals surface area contributed by atoms with Crippen LogP contribution in [-0.4, -0.2) is 40.8 Å². The lowest BCUT2D eigenvalue weighted by Crippen LogP contribution is -2.59. The zero-order valence-electron chi connectivity index (χ0n) is 16.0. The normalized spacial score (nSPS) is 34.1. The van der Waals surface area contributed by atoms with Crippen LogP contribution in [0, 0.1) is 11.7 Å². The molecule has 2 aliphatic heterocycles. The molecular formula is C21H26FN3O2S. The Morgan fingerprint density at radius 1 is 1.29 bits per heavy atom. The largest absolute Gasteiger partial charge is 0.331 e. The van der Waals surface area contributed by atoms with Crippen LogP contribution in [0.4, 0.5) is 4.39 Å². The number of carbonyl (C=O) groups excluding carboxylic acids is 2. The van der Waals surface area contributed by atoms with Gasteiger partial charge in [0.05, 0.1) is 4.75 Å². The molecule has 3 unspecified atom stereocenters. The molecule has 1 aromatic carbocycles. The Hall–Kier alpha value is -1.60. The molecule has 0 bridgehead atoms. The summed E-state index contributed by atoms with van der Waals surface area (Å²) in [6.45, 7) is 2.17. The molecule has 28 heavy (non-hydrogen) atoms. The van der Waals surface area contributed by atoms with Gasteiger partial charge in [0.2, 0.25) is 11.8 Å².